The van der Waals surface area contributed by atoms with E-state index >= 15 is 0 Å². The number of likely N-dealkylation sites (N-methyl/N-ethyl adjacent to an activating group) is 1. The van der Waals surface area contributed by atoms with Gasteiger partial charge in [-0.2, -0.15) is 0 Å². The largest absolute Gasteiger partial charge is 0.334 e. The second-order valence-corrected chi connectivity index (χ2v) is 8.88. The van der Waals surface area contributed by atoms with Crippen LogP contribution in [-0.2, 0) is 19.4 Å². The molecule has 140 valence electrons. The number of nitrogens with zero attached hydrogens (tertiary/aromatic N) is 3. The van der Waals surface area contributed by atoms with Crippen LogP contribution >= 0.6 is 0 Å². The van der Waals surface area contributed by atoms with E-state index < -0.39 is 27.7 Å². The van der Waals surface area contributed by atoms with E-state index in [4.69, 9.17) is 0 Å². The zero-order chi connectivity index (χ0) is 18.3. The molecule has 0 saturated carbocycles. The summed E-state index contributed by atoms with van der Waals surface area (Å²) in [5, 5.41) is 0. The van der Waals surface area contributed by atoms with E-state index in [0.717, 1.165) is 12.8 Å². The van der Waals surface area contributed by atoms with Gasteiger partial charge in [0.15, 0.2) is 9.84 Å². The van der Waals surface area contributed by atoms with Crippen molar-refractivity contribution in [3.05, 3.63) is 0 Å². The summed E-state index contributed by atoms with van der Waals surface area (Å²) in [4.78, 5) is 30.3. The molecule has 0 aromatic rings. The van der Waals surface area contributed by atoms with Crippen LogP contribution in [0.3, 0.4) is 0 Å². The highest BCUT2D eigenvalue weighted by molar-refractivity contribution is 7.91. The number of carbonyl (C=O) groups excluding carboxylic acids is 2. The van der Waals surface area contributed by atoms with Gasteiger partial charge in [-0.25, -0.2) is 8.42 Å². The van der Waals surface area contributed by atoms with Crippen LogP contribution < -0.4 is 0 Å². The van der Waals surface area contributed by atoms with E-state index in [1.165, 1.54) is 4.90 Å². The van der Waals surface area contributed by atoms with Gasteiger partial charge in [0, 0.05) is 32.2 Å². The maximum Gasteiger partial charge on any atom is 0.312 e. The number of rotatable bonds is 8. The molecule has 1 saturated heterocycles. The molecule has 0 radical (unpaired) electrons. The number of hydrogen-bond donors (Lipinski definition) is 0. The van der Waals surface area contributed by atoms with Crippen molar-refractivity contribution in [2.75, 3.05) is 51.8 Å². The van der Waals surface area contributed by atoms with Crippen molar-refractivity contribution in [2.24, 2.45) is 0 Å². The van der Waals surface area contributed by atoms with Crippen molar-refractivity contribution in [1.29, 1.82) is 0 Å². The van der Waals surface area contributed by atoms with Crippen LogP contribution in [0.2, 0.25) is 0 Å². The van der Waals surface area contributed by atoms with Gasteiger partial charge in [-0.1, -0.05) is 13.8 Å². The molecule has 0 N–H and O–H groups in total. The molecular formula is C16H31N3O4S. The molecule has 1 unspecified atom stereocenters. The highest BCUT2D eigenvalue weighted by Crippen LogP contribution is 2.18. The van der Waals surface area contributed by atoms with Crippen LogP contribution in [0.15, 0.2) is 0 Å². The molecule has 1 fully saturated rings. The fraction of sp³-hybridized carbons (Fsp3) is 0.875. The van der Waals surface area contributed by atoms with E-state index in [1.54, 1.807) is 4.90 Å². The lowest BCUT2D eigenvalue weighted by atomic mass is 10.2. The lowest BCUT2D eigenvalue weighted by Crippen LogP contribution is -2.51. The summed E-state index contributed by atoms with van der Waals surface area (Å²) in [5.74, 6) is -1.03. The quantitative estimate of drug-likeness (QED) is 0.578. The Morgan fingerprint density at radius 1 is 0.958 bits per heavy atom. The standard InChI is InChI=1S/C16H31N3O4S/c1-5-8-18(9-6-2)15(20)16(21)19(11-10-17(3)4)14-7-12-24(22,23)13-14/h14H,5-13H2,1-4H3. The Bertz CT molecular complexity index is 527. The molecule has 24 heavy (non-hydrogen) atoms. The zero-order valence-electron chi connectivity index (χ0n) is 15.3. The normalized spacial score (nSPS) is 19.5. The number of sulfone groups is 1. The highest BCUT2D eigenvalue weighted by Gasteiger charge is 2.37. The fourth-order valence-electron chi connectivity index (χ4n) is 2.89. The van der Waals surface area contributed by atoms with Gasteiger partial charge in [0.25, 0.3) is 0 Å². The second kappa shape index (κ2) is 9.36. The van der Waals surface area contributed by atoms with Crippen LogP contribution in [0.25, 0.3) is 0 Å². The first kappa shape index (κ1) is 20.9. The Balaban J connectivity index is 2.91. The molecule has 2 amide bonds. The third-order valence-electron chi connectivity index (χ3n) is 4.16. The SMILES string of the molecule is CCCN(CCC)C(=O)C(=O)N(CCN(C)C)C1CCS(=O)(=O)C1. The molecule has 1 rings (SSSR count). The Labute approximate surface area is 145 Å². The van der Waals surface area contributed by atoms with Crippen LogP contribution in [-0.4, -0.2) is 92.8 Å². The summed E-state index contributed by atoms with van der Waals surface area (Å²) >= 11 is 0. The van der Waals surface area contributed by atoms with Gasteiger partial charge in [-0.3, -0.25) is 9.59 Å². The fourth-order valence-corrected chi connectivity index (χ4v) is 4.62. The zero-order valence-corrected chi connectivity index (χ0v) is 16.1. The Morgan fingerprint density at radius 3 is 1.96 bits per heavy atom. The van der Waals surface area contributed by atoms with Crippen LogP contribution in [0.4, 0.5) is 0 Å². The summed E-state index contributed by atoms with van der Waals surface area (Å²) in [7, 11) is 0.659. The third kappa shape index (κ3) is 6.05. The second-order valence-electron chi connectivity index (χ2n) is 6.65. The summed E-state index contributed by atoms with van der Waals surface area (Å²) < 4.78 is 23.5. The Hall–Kier alpha value is -1.15. The maximum atomic E-state index is 12.8. The molecule has 1 atom stereocenters. The minimum atomic E-state index is -3.11. The minimum Gasteiger partial charge on any atom is -0.334 e. The molecule has 0 aromatic heterocycles. The van der Waals surface area contributed by atoms with Gasteiger partial charge in [0.2, 0.25) is 0 Å². The first-order chi connectivity index (χ1) is 11.2. The van der Waals surface area contributed by atoms with E-state index in [1.807, 2.05) is 32.8 Å². The molecule has 0 spiro atoms. The first-order valence-electron chi connectivity index (χ1n) is 8.66. The van der Waals surface area contributed by atoms with Crippen LogP contribution in [0.1, 0.15) is 33.1 Å². The van der Waals surface area contributed by atoms with Crippen molar-refractivity contribution < 1.29 is 18.0 Å². The van der Waals surface area contributed by atoms with Crippen molar-refractivity contribution in [3.8, 4) is 0 Å². The lowest BCUT2D eigenvalue weighted by Gasteiger charge is -2.31. The monoisotopic (exact) mass is 361 g/mol. The van der Waals surface area contributed by atoms with E-state index in [0.29, 0.717) is 32.6 Å². The van der Waals surface area contributed by atoms with Crippen LogP contribution in [0, 0.1) is 0 Å². The van der Waals surface area contributed by atoms with Gasteiger partial charge in [-0.05, 0) is 33.4 Å². The maximum absolute atomic E-state index is 12.8. The summed E-state index contributed by atoms with van der Waals surface area (Å²) in [6.07, 6.45) is 1.99. The predicted molar refractivity (Wildman–Crippen MR) is 94.5 cm³/mol. The van der Waals surface area contributed by atoms with Crippen molar-refractivity contribution >= 4 is 21.7 Å². The smallest absolute Gasteiger partial charge is 0.312 e. The molecule has 1 aliphatic rings. The number of amides is 2. The van der Waals surface area contributed by atoms with Crippen molar-refractivity contribution in [3.63, 3.8) is 0 Å². The van der Waals surface area contributed by atoms with E-state index in [-0.39, 0.29) is 11.5 Å². The highest BCUT2D eigenvalue weighted by atomic mass is 32.2. The molecule has 0 aromatic carbocycles. The van der Waals surface area contributed by atoms with Crippen LogP contribution in [0.5, 0.6) is 0 Å². The summed E-state index contributed by atoms with van der Waals surface area (Å²) in [6, 6.07) is -0.392. The number of hydrogen-bond acceptors (Lipinski definition) is 5. The van der Waals surface area contributed by atoms with E-state index in [2.05, 4.69) is 0 Å². The lowest BCUT2D eigenvalue weighted by molar-refractivity contribution is -0.153. The average Bonchev–Trinajstić information content (AvgIpc) is 2.86. The summed E-state index contributed by atoms with van der Waals surface area (Å²) in [6.45, 7) is 5.98. The molecule has 0 bridgehead atoms. The van der Waals surface area contributed by atoms with Gasteiger partial charge in [0.05, 0.1) is 11.5 Å². The van der Waals surface area contributed by atoms with Gasteiger partial charge in [0.1, 0.15) is 0 Å². The third-order valence-corrected chi connectivity index (χ3v) is 5.91. The van der Waals surface area contributed by atoms with Gasteiger partial charge >= 0.3 is 11.8 Å². The molecule has 8 heteroatoms. The average molecular weight is 362 g/mol. The molecule has 1 aliphatic heterocycles. The molecule has 1 heterocycles. The molecular weight excluding hydrogens is 330 g/mol. The Morgan fingerprint density at radius 2 is 1.54 bits per heavy atom. The van der Waals surface area contributed by atoms with E-state index in [9.17, 15) is 18.0 Å². The Kier molecular flexibility index (Phi) is 8.15. The number of carbonyl (C=O) groups is 2. The molecule has 7 nitrogen and oxygen atoms in total. The molecule has 0 aliphatic carbocycles. The predicted octanol–water partition coefficient (Wildman–Crippen LogP) is 0.212. The van der Waals surface area contributed by atoms with Gasteiger partial charge in [-0.15, -0.1) is 0 Å². The topological polar surface area (TPSA) is 78.0 Å². The van der Waals surface area contributed by atoms with Crippen molar-refractivity contribution in [2.45, 2.75) is 39.2 Å². The van der Waals surface area contributed by atoms with Gasteiger partial charge < -0.3 is 14.7 Å². The minimum absolute atomic E-state index is 0.0407. The first-order valence-corrected chi connectivity index (χ1v) is 10.5. The summed E-state index contributed by atoms with van der Waals surface area (Å²) in [5.41, 5.74) is 0. The van der Waals surface area contributed by atoms with Crippen molar-refractivity contribution in [1.82, 2.24) is 14.7 Å².